The van der Waals surface area contributed by atoms with Crippen molar-refractivity contribution in [2.24, 2.45) is 0 Å². The number of ether oxygens (including phenoxy) is 2. The highest BCUT2D eigenvalue weighted by atomic mass is 16.5. The second-order valence-corrected chi connectivity index (χ2v) is 3.65. The number of anilines is 1. The van der Waals surface area contributed by atoms with Crippen LogP contribution in [0.4, 0.5) is 5.69 Å². The Balaban J connectivity index is 2.01. The van der Waals surface area contributed by atoms with Crippen LogP contribution < -0.4 is 15.4 Å². The van der Waals surface area contributed by atoms with Crippen LogP contribution in [0.3, 0.4) is 0 Å². The third-order valence-corrected chi connectivity index (χ3v) is 2.50. The number of rotatable bonds is 3. The van der Waals surface area contributed by atoms with Gasteiger partial charge in [-0.15, -0.1) is 0 Å². The van der Waals surface area contributed by atoms with E-state index in [1.54, 1.807) is 25.6 Å². The number of carbonyl (C=O) groups is 1. The van der Waals surface area contributed by atoms with Crippen LogP contribution in [0.15, 0.2) is 18.5 Å². The lowest BCUT2D eigenvalue weighted by atomic mass is 10.2. The molecule has 1 fully saturated rings. The summed E-state index contributed by atoms with van der Waals surface area (Å²) in [5.74, 6) is 0.445. The fourth-order valence-electron chi connectivity index (χ4n) is 1.61. The molecule has 0 radical (unpaired) electrons. The van der Waals surface area contributed by atoms with Crippen LogP contribution in [0.1, 0.15) is 0 Å². The van der Waals surface area contributed by atoms with Gasteiger partial charge in [0.1, 0.15) is 17.5 Å². The summed E-state index contributed by atoms with van der Waals surface area (Å²) in [5.41, 5.74) is 0.562. The maximum Gasteiger partial charge on any atom is 0.244 e. The summed E-state index contributed by atoms with van der Waals surface area (Å²) in [7, 11) is 1.55. The molecule has 2 N–H and O–H groups in total. The topological polar surface area (TPSA) is 72.5 Å². The van der Waals surface area contributed by atoms with Crippen LogP contribution in [-0.4, -0.2) is 43.8 Å². The van der Waals surface area contributed by atoms with E-state index in [2.05, 4.69) is 15.6 Å². The first-order valence-electron chi connectivity index (χ1n) is 5.41. The van der Waals surface area contributed by atoms with E-state index in [0.29, 0.717) is 31.2 Å². The molecule has 2 heterocycles. The van der Waals surface area contributed by atoms with Gasteiger partial charge in [0, 0.05) is 18.8 Å². The van der Waals surface area contributed by atoms with Crippen molar-refractivity contribution in [3.8, 4) is 5.75 Å². The van der Waals surface area contributed by atoms with Gasteiger partial charge in [0.25, 0.3) is 0 Å². The number of aromatic nitrogens is 1. The zero-order valence-electron chi connectivity index (χ0n) is 9.60. The van der Waals surface area contributed by atoms with Crippen molar-refractivity contribution in [1.29, 1.82) is 0 Å². The van der Waals surface area contributed by atoms with E-state index in [0.717, 1.165) is 0 Å². The van der Waals surface area contributed by atoms with Gasteiger partial charge in [-0.2, -0.15) is 0 Å². The molecular formula is C11H15N3O3. The number of nitrogens with one attached hydrogen (secondary N) is 2. The van der Waals surface area contributed by atoms with Gasteiger partial charge in [0.2, 0.25) is 5.91 Å². The molecule has 2 rings (SSSR count). The summed E-state index contributed by atoms with van der Waals surface area (Å²) >= 11 is 0. The Labute approximate surface area is 99.3 Å². The Morgan fingerprint density at radius 3 is 3.29 bits per heavy atom. The molecular weight excluding hydrogens is 222 g/mol. The molecule has 92 valence electrons. The highest BCUT2D eigenvalue weighted by molar-refractivity contribution is 5.96. The molecule has 1 aromatic rings. The highest BCUT2D eigenvalue weighted by Crippen LogP contribution is 2.21. The lowest BCUT2D eigenvalue weighted by Gasteiger charge is -2.23. The number of hydrogen-bond acceptors (Lipinski definition) is 5. The smallest absolute Gasteiger partial charge is 0.244 e. The molecule has 6 heteroatoms. The molecule has 6 nitrogen and oxygen atoms in total. The molecule has 0 unspecified atom stereocenters. The van der Waals surface area contributed by atoms with Gasteiger partial charge >= 0.3 is 0 Å². The summed E-state index contributed by atoms with van der Waals surface area (Å²) in [6.07, 6.45) is 3.16. The van der Waals surface area contributed by atoms with Crippen molar-refractivity contribution in [2.45, 2.75) is 6.04 Å². The summed E-state index contributed by atoms with van der Waals surface area (Å²) in [5, 5.41) is 5.84. The molecule has 1 aliphatic heterocycles. The first-order chi connectivity index (χ1) is 8.31. The number of hydrogen-bond donors (Lipinski definition) is 2. The predicted octanol–water partition coefficient (Wildman–Crippen LogP) is 0.0171. The standard InChI is InChI=1S/C11H15N3O3/c1-16-10-2-3-12-6-8(10)14-11(15)9-7-17-5-4-13-9/h2-3,6,9,13H,4-5,7H2,1H3,(H,14,15)/t9-/m1/s1. The van der Waals surface area contributed by atoms with Gasteiger partial charge in [-0.05, 0) is 0 Å². The van der Waals surface area contributed by atoms with Gasteiger partial charge in [0.15, 0.2) is 0 Å². The Morgan fingerprint density at radius 2 is 2.59 bits per heavy atom. The minimum absolute atomic E-state index is 0.143. The van der Waals surface area contributed by atoms with E-state index >= 15 is 0 Å². The Hall–Kier alpha value is -1.66. The van der Waals surface area contributed by atoms with E-state index < -0.39 is 0 Å². The van der Waals surface area contributed by atoms with Gasteiger partial charge in [-0.25, -0.2) is 0 Å². The lowest BCUT2D eigenvalue weighted by molar-refractivity contribution is -0.120. The van der Waals surface area contributed by atoms with Gasteiger partial charge in [0.05, 0.1) is 26.5 Å². The SMILES string of the molecule is COc1ccncc1NC(=O)[C@H]1COCCN1. The second kappa shape index (κ2) is 5.60. The molecule has 0 aromatic carbocycles. The molecule has 0 spiro atoms. The summed E-state index contributed by atoms with van der Waals surface area (Å²) in [6.45, 7) is 1.71. The maximum atomic E-state index is 11.9. The average molecular weight is 237 g/mol. The highest BCUT2D eigenvalue weighted by Gasteiger charge is 2.21. The van der Waals surface area contributed by atoms with E-state index in [4.69, 9.17) is 9.47 Å². The summed E-state index contributed by atoms with van der Waals surface area (Å²) < 4.78 is 10.4. The third-order valence-electron chi connectivity index (χ3n) is 2.50. The first-order valence-corrected chi connectivity index (χ1v) is 5.41. The van der Waals surface area contributed by atoms with Crippen LogP contribution in [-0.2, 0) is 9.53 Å². The summed E-state index contributed by atoms with van der Waals surface area (Å²) in [4.78, 5) is 15.8. The van der Waals surface area contributed by atoms with E-state index in [-0.39, 0.29) is 11.9 Å². The molecule has 0 saturated carbocycles. The Bertz CT molecular complexity index is 391. The van der Waals surface area contributed by atoms with Gasteiger partial charge in [-0.3, -0.25) is 9.78 Å². The molecule has 0 aliphatic carbocycles. The largest absolute Gasteiger partial charge is 0.494 e. The fraction of sp³-hybridized carbons (Fsp3) is 0.455. The summed E-state index contributed by atoms with van der Waals surface area (Å²) in [6, 6.07) is 1.37. The fourth-order valence-corrected chi connectivity index (χ4v) is 1.61. The zero-order chi connectivity index (χ0) is 12.1. The molecule has 0 bridgehead atoms. The normalized spacial score (nSPS) is 19.7. The number of morpholine rings is 1. The Morgan fingerprint density at radius 1 is 1.71 bits per heavy atom. The number of carbonyl (C=O) groups excluding carboxylic acids is 1. The van der Waals surface area contributed by atoms with Crippen LogP contribution in [0.25, 0.3) is 0 Å². The number of pyridine rings is 1. The van der Waals surface area contributed by atoms with Crippen molar-refractivity contribution in [3.63, 3.8) is 0 Å². The number of methoxy groups -OCH3 is 1. The van der Waals surface area contributed by atoms with E-state index in [9.17, 15) is 4.79 Å². The monoisotopic (exact) mass is 237 g/mol. The van der Waals surface area contributed by atoms with Crippen molar-refractivity contribution in [1.82, 2.24) is 10.3 Å². The minimum Gasteiger partial charge on any atom is -0.494 e. The van der Waals surface area contributed by atoms with Crippen LogP contribution in [0.5, 0.6) is 5.75 Å². The molecule has 1 atom stereocenters. The first kappa shape index (κ1) is 11.8. The van der Waals surface area contributed by atoms with Gasteiger partial charge in [-0.1, -0.05) is 0 Å². The van der Waals surface area contributed by atoms with Gasteiger partial charge < -0.3 is 20.1 Å². The van der Waals surface area contributed by atoms with Crippen molar-refractivity contribution in [2.75, 3.05) is 32.2 Å². The minimum atomic E-state index is -0.325. The van der Waals surface area contributed by atoms with Crippen molar-refractivity contribution in [3.05, 3.63) is 18.5 Å². The molecule has 17 heavy (non-hydrogen) atoms. The van der Waals surface area contributed by atoms with Crippen LogP contribution in [0.2, 0.25) is 0 Å². The Kier molecular flexibility index (Phi) is 3.89. The molecule has 1 aromatic heterocycles. The van der Waals surface area contributed by atoms with E-state index in [1.165, 1.54) is 0 Å². The van der Waals surface area contributed by atoms with Crippen LogP contribution >= 0.6 is 0 Å². The maximum absolute atomic E-state index is 11.9. The van der Waals surface area contributed by atoms with E-state index in [1.807, 2.05) is 0 Å². The number of amides is 1. The predicted molar refractivity (Wildman–Crippen MR) is 62.0 cm³/mol. The van der Waals surface area contributed by atoms with Crippen LogP contribution in [0, 0.1) is 0 Å². The number of nitrogens with zero attached hydrogens (tertiary/aromatic N) is 1. The quantitative estimate of drug-likeness (QED) is 0.775. The molecule has 1 saturated heterocycles. The van der Waals surface area contributed by atoms with Crippen molar-refractivity contribution >= 4 is 11.6 Å². The van der Waals surface area contributed by atoms with Crippen molar-refractivity contribution < 1.29 is 14.3 Å². The second-order valence-electron chi connectivity index (χ2n) is 3.65. The lowest BCUT2D eigenvalue weighted by Crippen LogP contribution is -2.48. The third kappa shape index (κ3) is 2.92. The zero-order valence-corrected chi connectivity index (χ0v) is 9.60. The molecule has 1 aliphatic rings. The molecule has 1 amide bonds. The average Bonchev–Trinajstić information content (AvgIpc) is 2.40.